The highest BCUT2D eigenvalue weighted by Gasteiger charge is 2.29. The summed E-state index contributed by atoms with van der Waals surface area (Å²) in [5.74, 6) is 2.84. The van der Waals surface area contributed by atoms with Crippen LogP contribution < -0.4 is 0 Å². The second kappa shape index (κ2) is 6.27. The number of hydrogen-bond acceptors (Lipinski definition) is 4. The maximum absolute atomic E-state index is 5.71. The average Bonchev–Trinajstić information content (AvgIpc) is 3.02. The number of hydrogen-bond donors (Lipinski definition) is 0. The van der Waals surface area contributed by atoms with Crippen LogP contribution in [0.4, 0.5) is 0 Å². The summed E-state index contributed by atoms with van der Waals surface area (Å²) in [6.45, 7) is 6.74. The Morgan fingerprint density at radius 1 is 1.40 bits per heavy atom. The maximum Gasteiger partial charge on any atom is 0.208 e. The molecule has 0 aromatic carbocycles. The first-order valence-corrected chi connectivity index (χ1v) is 8.10. The van der Waals surface area contributed by atoms with Gasteiger partial charge in [0.2, 0.25) is 5.89 Å². The minimum Gasteiger partial charge on any atom is -0.444 e. The summed E-state index contributed by atoms with van der Waals surface area (Å²) in [4.78, 5) is 9.43. The summed E-state index contributed by atoms with van der Waals surface area (Å²) < 4.78 is 5.71. The zero-order valence-electron chi connectivity index (χ0n) is 12.8. The third-order valence-corrected chi connectivity index (χ3v) is 4.95. The van der Waals surface area contributed by atoms with Crippen molar-refractivity contribution in [3.8, 4) is 0 Å². The molecule has 0 radical (unpaired) electrons. The van der Waals surface area contributed by atoms with Gasteiger partial charge in [-0.2, -0.15) is 0 Å². The van der Waals surface area contributed by atoms with Gasteiger partial charge in [0.05, 0.1) is 12.7 Å². The Morgan fingerprint density at radius 3 is 2.90 bits per heavy atom. The predicted molar refractivity (Wildman–Crippen MR) is 79.5 cm³/mol. The van der Waals surface area contributed by atoms with Crippen LogP contribution in [0, 0.1) is 5.92 Å². The normalized spacial score (nSPS) is 24.4. The van der Waals surface area contributed by atoms with E-state index in [4.69, 9.17) is 4.42 Å². The van der Waals surface area contributed by atoms with Gasteiger partial charge in [0.15, 0.2) is 0 Å². The molecule has 4 nitrogen and oxygen atoms in total. The Labute approximate surface area is 122 Å². The molecule has 0 bridgehead atoms. The van der Waals surface area contributed by atoms with Gasteiger partial charge >= 0.3 is 0 Å². The third-order valence-electron chi connectivity index (χ3n) is 4.95. The van der Waals surface area contributed by atoms with Gasteiger partial charge in [-0.3, -0.25) is 4.90 Å². The van der Waals surface area contributed by atoms with Crippen LogP contribution in [-0.4, -0.2) is 47.5 Å². The molecule has 20 heavy (non-hydrogen) atoms. The van der Waals surface area contributed by atoms with Gasteiger partial charge in [-0.25, -0.2) is 4.98 Å². The largest absolute Gasteiger partial charge is 0.444 e. The number of rotatable bonds is 6. The zero-order valence-corrected chi connectivity index (χ0v) is 12.8. The van der Waals surface area contributed by atoms with Crippen molar-refractivity contribution in [2.45, 2.75) is 51.6 Å². The molecule has 2 fully saturated rings. The van der Waals surface area contributed by atoms with Crippen LogP contribution in [0.1, 0.15) is 44.3 Å². The lowest BCUT2D eigenvalue weighted by Crippen LogP contribution is -2.36. The highest BCUT2D eigenvalue weighted by Crippen LogP contribution is 2.28. The van der Waals surface area contributed by atoms with E-state index >= 15 is 0 Å². The van der Waals surface area contributed by atoms with Gasteiger partial charge in [-0.15, -0.1) is 0 Å². The van der Waals surface area contributed by atoms with E-state index in [2.05, 4.69) is 28.8 Å². The second-order valence-electron chi connectivity index (χ2n) is 6.49. The Bertz CT molecular complexity index is 427. The average molecular weight is 277 g/mol. The molecule has 1 unspecified atom stereocenters. The monoisotopic (exact) mass is 277 g/mol. The van der Waals surface area contributed by atoms with Crippen LogP contribution >= 0.6 is 0 Å². The van der Waals surface area contributed by atoms with E-state index < -0.39 is 0 Å². The minimum absolute atomic E-state index is 0.659. The third kappa shape index (κ3) is 3.23. The number of aromatic nitrogens is 1. The minimum atomic E-state index is 0.659. The van der Waals surface area contributed by atoms with Crippen LogP contribution in [-0.2, 0) is 13.0 Å². The van der Waals surface area contributed by atoms with Crippen molar-refractivity contribution >= 4 is 0 Å². The lowest BCUT2D eigenvalue weighted by molar-refractivity contribution is 0.176. The summed E-state index contributed by atoms with van der Waals surface area (Å²) in [7, 11) is 2.20. The lowest BCUT2D eigenvalue weighted by Gasteiger charge is -2.30. The van der Waals surface area contributed by atoms with Crippen molar-refractivity contribution in [2.75, 3.05) is 26.7 Å². The molecule has 4 heteroatoms. The van der Waals surface area contributed by atoms with Gasteiger partial charge in [0.1, 0.15) is 5.76 Å². The Balaban J connectivity index is 1.46. The Hall–Kier alpha value is -0.870. The number of nitrogens with zero attached hydrogens (tertiary/aromatic N) is 3. The number of likely N-dealkylation sites (N-methyl/N-ethyl adjacent to an activating group) is 1. The maximum atomic E-state index is 5.71. The molecule has 0 N–H and O–H groups in total. The molecule has 0 spiro atoms. The first-order chi connectivity index (χ1) is 9.74. The van der Waals surface area contributed by atoms with Crippen LogP contribution in [0.5, 0.6) is 0 Å². The SMILES string of the molecule is CCc1cnc(CN(C)C2CCN(CC3CCC3)C2)o1. The number of aryl methyl sites for hydroxylation is 1. The van der Waals surface area contributed by atoms with E-state index in [1.165, 1.54) is 45.3 Å². The molecular weight excluding hydrogens is 250 g/mol. The topological polar surface area (TPSA) is 32.5 Å². The number of likely N-dealkylation sites (tertiary alicyclic amines) is 1. The van der Waals surface area contributed by atoms with E-state index in [-0.39, 0.29) is 0 Å². The first kappa shape index (κ1) is 14.1. The van der Waals surface area contributed by atoms with Gasteiger partial charge < -0.3 is 9.32 Å². The smallest absolute Gasteiger partial charge is 0.208 e. The van der Waals surface area contributed by atoms with E-state index in [1.54, 1.807) is 0 Å². The summed E-state index contributed by atoms with van der Waals surface area (Å²) in [5, 5.41) is 0. The molecule has 0 amide bonds. The highest BCUT2D eigenvalue weighted by atomic mass is 16.4. The van der Waals surface area contributed by atoms with Gasteiger partial charge in [-0.05, 0) is 38.8 Å². The Morgan fingerprint density at radius 2 is 2.25 bits per heavy atom. The van der Waals surface area contributed by atoms with Crippen molar-refractivity contribution in [2.24, 2.45) is 5.92 Å². The molecule has 1 atom stereocenters. The predicted octanol–water partition coefficient (Wildman–Crippen LogP) is 2.54. The quantitative estimate of drug-likeness (QED) is 0.800. The summed E-state index contributed by atoms with van der Waals surface area (Å²) in [6, 6.07) is 0.659. The fourth-order valence-electron chi connectivity index (χ4n) is 3.31. The fourth-order valence-corrected chi connectivity index (χ4v) is 3.31. The van der Waals surface area contributed by atoms with E-state index in [0.29, 0.717) is 6.04 Å². The van der Waals surface area contributed by atoms with Crippen molar-refractivity contribution in [1.82, 2.24) is 14.8 Å². The van der Waals surface area contributed by atoms with Crippen LogP contribution in [0.2, 0.25) is 0 Å². The van der Waals surface area contributed by atoms with E-state index in [1.807, 2.05) is 6.20 Å². The summed E-state index contributed by atoms with van der Waals surface area (Å²) in [6.07, 6.45) is 8.42. The second-order valence-corrected chi connectivity index (χ2v) is 6.49. The van der Waals surface area contributed by atoms with Crippen molar-refractivity contribution in [3.05, 3.63) is 17.8 Å². The zero-order chi connectivity index (χ0) is 13.9. The molecule has 2 heterocycles. The molecule has 1 aliphatic carbocycles. The molecule has 2 aliphatic rings. The molecule has 112 valence electrons. The standard InChI is InChI=1S/C16H27N3O/c1-3-15-9-17-16(20-15)12-18(2)14-7-8-19(11-14)10-13-5-4-6-13/h9,13-14H,3-8,10-12H2,1-2H3. The van der Waals surface area contributed by atoms with Crippen molar-refractivity contribution in [1.29, 1.82) is 0 Å². The number of oxazole rings is 1. The van der Waals surface area contributed by atoms with Crippen LogP contribution in [0.3, 0.4) is 0 Å². The summed E-state index contributed by atoms with van der Waals surface area (Å²) in [5.41, 5.74) is 0. The lowest BCUT2D eigenvalue weighted by atomic mass is 9.85. The first-order valence-electron chi connectivity index (χ1n) is 8.10. The highest BCUT2D eigenvalue weighted by molar-refractivity contribution is 4.94. The molecule has 1 aliphatic heterocycles. The van der Waals surface area contributed by atoms with Gasteiger partial charge in [-0.1, -0.05) is 13.3 Å². The molecule has 1 aromatic rings. The molecule has 1 aromatic heterocycles. The van der Waals surface area contributed by atoms with Crippen LogP contribution in [0.25, 0.3) is 0 Å². The van der Waals surface area contributed by atoms with Gasteiger partial charge in [0.25, 0.3) is 0 Å². The van der Waals surface area contributed by atoms with E-state index in [9.17, 15) is 0 Å². The van der Waals surface area contributed by atoms with Crippen molar-refractivity contribution in [3.63, 3.8) is 0 Å². The molecule has 1 saturated heterocycles. The van der Waals surface area contributed by atoms with Gasteiger partial charge in [0, 0.05) is 25.6 Å². The van der Waals surface area contributed by atoms with Crippen molar-refractivity contribution < 1.29 is 4.42 Å². The molecular formula is C16H27N3O. The van der Waals surface area contributed by atoms with Crippen LogP contribution in [0.15, 0.2) is 10.6 Å². The Kier molecular flexibility index (Phi) is 4.41. The molecule has 1 saturated carbocycles. The molecule has 3 rings (SSSR count). The van der Waals surface area contributed by atoms with E-state index in [0.717, 1.165) is 30.5 Å². The summed E-state index contributed by atoms with van der Waals surface area (Å²) >= 11 is 0. The fraction of sp³-hybridized carbons (Fsp3) is 0.812.